The highest BCUT2D eigenvalue weighted by atomic mass is 16.2. The number of anilines is 1. The Bertz CT molecular complexity index is 500. The first-order valence-corrected chi connectivity index (χ1v) is 5.92. The molecule has 3 unspecified atom stereocenters. The van der Waals surface area contributed by atoms with Crippen molar-refractivity contribution >= 4 is 17.6 Å². The molecular weight excluding hydrogens is 230 g/mol. The van der Waals surface area contributed by atoms with Gasteiger partial charge in [0.15, 0.2) is 0 Å². The maximum absolute atomic E-state index is 12.5. The minimum atomic E-state index is -0.271. The molecule has 2 aliphatic rings. The van der Waals surface area contributed by atoms with Crippen LogP contribution in [0.2, 0.25) is 0 Å². The molecule has 0 aliphatic carbocycles. The molecule has 0 radical (unpaired) electrons. The van der Waals surface area contributed by atoms with Crippen molar-refractivity contribution < 1.29 is 4.79 Å². The normalized spacial score (nSPS) is 31.2. The van der Waals surface area contributed by atoms with Gasteiger partial charge in [-0.1, -0.05) is 18.2 Å². The number of hydrazine groups is 1. The van der Waals surface area contributed by atoms with Crippen molar-refractivity contribution in [3.05, 3.63) is 30.3 Å². The number of aliphatic imine (C=N–C) groups is 1. The van der Waals surface area contributed by atoms with Gasteiger partial charge < -0.3 is 5.73 Å². The Morgan fingerprint density at radius 1 is 1.28 bits per heavy atom. The van der Waals surface area contributed by atoms with Crippen LogP contribution in [0.3, 0.4) is 0 Å². The predicted octanol–water partition coefficient (Wildman–Crippen LogP) is -0.213. The summed E-state index contributed by atoms with van der Waals surface area (Å²) in [5.74, 6) is -0.0166. The molecule has 0 bridgehead atoms. The molecule has 0 aromatic heterocycles. The molecule has 3 atom stereocenters. The van der Waals surface area contributed by atoms with Crippen LogP contribution >= 0.6 is 0 Å². The molecule has 1 amide bonds. The summed E-state index contributed by atoms with van der Waals surface area (Å²) < 4.78 is 0. The van der Waals surface area contributed by atoms with Crippen molar-refractivity contribution in [3.63, 3.8) is 0 Å². The molecular formula is C12H15N5O. The lowest BCUT2D eigenvalue weighted by Crippen LogP contribution is -2.54. The quantitative estimate of drug-likeness (QED) is 0.639. The number of amides is 1. The zero-order chi connectivity index (χ0) is 12.7. The van der Waals surface area contributed by atoms with E-state index in [1.165, 1.54) is 4.90 Å². The summed E-state index contributed by atoms with van der Waals surface area (Å²) in [5.41, 5.74) is 12.6. The number of carbonyl (C=O) groups excluding carboxylic acids is 1. The van der Waals surface area contributed by atoms with E-state index in [-0.39, 0.29) is 30.0 Å². The number of guanidine groups is 1. The Morgan fingerprint density at radius 3 is 2.72 bits per heavy atom. The monoisotopic (exact) mass is 245 g/mol. The van der Waals surface area contributed by atoms with Crippen molar-refractivity contribution in [1.82, 2.24) is 10.9 Å². The van der Waals surface area contributed by atoms with Crippen LogP contribution < -0.4 is 21.5 Å². The summed E-state index contributed by atoms with van der Waals surface area (Å²) in [6.07, 6.45) is -0.271. The molecule has 18 heavy (non-hydrogen) atoms. The fourth-order valence-corrected chi connectivity index (χ4v) is 2.43. The van der Waals surface area contributed by atoms with Crippen LogP contribution in [0.15, 0.2) is 35.3 Å². The van der Waals surface area contributed by atoms with Crippen LogP contribution in [-0.4, -0.2) is 24.1 Å². The molecule has 2 aliphatic heterocycles. The Morgan fingerprint density at radius 2 is 2.00 bits per heavy atom. The highest BCUT2D eigenvalue weighted by Crippen LogP contribution is 2.26. The second kappa shape index (κ2) is 4.08. The van der Waals surface area contributed by atoms with Gasteiger partial charge in [-0.05, 0) is 19.1 Å². The zero-order valence-electron chi connectivity index (χ0n) is 10.00. The number of nitrogens with zero attached hydrogens (tertiary/aromatic N) is 2. The Labute approximate surface area is 105 Å². The molecule has 1 saturated heterocycles. The van der Waals surface area contributed by atoms with Crippen LogP contribution in [-0.2, 0) is 4.79 Å². The second-order valence-electron chi connectivity index (χ2n) is 4.54. The van der Waals surface area contributed by atoms with Gasteiger partial charge in [-0.2, -0.15) is 0 Å². The number of hydrogen-bond acceptors (Lipinski definition) is 5. The Kier molecular flexibility index (Phi) is 2.53. The molecule has 3 rings (SSSR count). The van der Waals surface area contributed by atoms with E-state index in [1.807, 2.05) is 37.3 Å². The van der Waals surface area contributed by atoms with Crippen molar-refractivity contribution in [1.29, 1.82) is 0 Å². The van der Waals surface area contributed by atoms with E-state index in [9.17, 15) is 4.79 Å². The summed E-state index contributed by atoms with van der Waals surface area (Å²) in [4.78, 5) is 18.3. The Hall–Kier alpha value is -1.92. The third kappa shape index (κ3) is 1.58. The average molecular weight is 245 g/mol. The molecule has 6 nitrogen and oxygen atoms in total. The third-order valence-corrected chi connectivity index (χ3v) is 3.36. The maximum atomic E-state index is 12.5. The second-order valence-corrected chi connectivity index (χ2v) is 4.54. The molecule has 0 spiro atoms. The zero-order valence-corrected chi connectivity index (χ0v) is 10.00. The standard InChI is InChI=1S/C12H15N5O/c1-7-9-10(16-15-7)14-12(13)17(11(9)18)8-5-3-2-4-6-8/h2-7,9-10,15-16H,1H3,(H2,13,14). The lowest BCUT2D eigenvalue weighted by atomic mass is 9.97. The first-order chi connectivity index (χ1) is 8.68. The van der Waals surface area contributed by atoms with E-state index in [1.54, 1.807) is 0 Å². The first kappa shape index (κ1) is 11.2. The third-order valence-electron chi connectivity index (χ3n) is 3.36. The number of nitrogens with one attached hydrogen (secondary N) is 2. The lowest BCUT2D eigenvalue weighted by molar-refractivity contribution is -0.122. The van der Waals surface area contributed by atoms with Gasteiger partial charge in [0.25, 0.3) is 0 Å². The van der Waals surface area contributed by atoms with Crippen molar-refractivity contribution in [3.8, 4) is 0 Å². The number of hydrogen-bond donors (Lipinski definition) is 3. The van der Waals surface area contributed by atoms with Crippen molar-refractivity contribution in [2.75, 3.05) is 4.90 Å². The number of benzene rings is 1. The molecule has 94 valence electrons. The van der Waals surface area contributed by atoms with Gasteiger partial charge in [0, 0.05) is 6.04 Å². The van der Waals surface area contributed by atoms with Crippen LogP contribution in [0.5, 0.6) is 0 Å². The largest absolute Gasteiger partial charge is 0.369 e. The van der Waals surface area contributed by atoms with Gasteiger partial charge in [0.05, 0.1) is 11.6 Å². The van der Waals surface area contributed by atoms with E-state index >= 15 is 0 Å². The topological polar surface area (TPSA) is 82.8 Å². The highest BCUT2D eigenvalue weighted by Gasteiger charge is 2.45. The molecule has 0 saturated carbocycles. The van der Waals surface area contributed by atoms with Crippen LogP contribution in [0.25, 0.3) is 0 Å². The van der Waals surface area contributed by atoms with Gasteiger partial charge in [-0.15, -0.1) is 0 Å². The van der Waals surface area contributed by atoms with Gasteiger partial charge in [-0.3, -0.25) is 15.1 Å². The fourth-order valence-electron chi connectivity index (χ4n) is 2.43. The molecule has 1 aromatic rings. The molecule has 6 heteroatoms. The number of carbonyl (C=O) groups is 1. The summed E-state index contributed by atoms with van der Waals surface area (Å²) >= 11 is 0. The predicted molar refractivity (Wildman–Crippen MR) is 68.6 cm³/mol. The van der Waals surface area contributed by atoms with E-state index in [0.29, 0.717) is 0 Å². The number of rotatable bonds is 1. The van der Waals surface area contributed by atoms with E-state index < -0.39 is 0 Å². The highest BCUT2D eigenvalue weighted by molar-refractivity contribution is 6.18. The summed E-state index contributed by atoms with van der Waals surface area (Å²) in [7, 11) is 0. The molecule has 1 aromatic carbocycles. The summed E-state index contributed by atoms with van der Waals surface area (Å²) in [6.45, 7) is 1.95. The van der Waals surface area contributed by atoms with Crippen molar-refractivity contribution in [2.45, 2.75) is 19.1 Å². The SMILES string of the molecule is CC1NNC2N=C(N)N(c3ccccc3)C(=O)C12. The molecule has 2 heterocycles. The summed E-state index contributed by atoms with van der Waals surface area (Å²) in [6, 6.07) is 9.37. The van der Waals surface area contributed by atoms with Crippen molar-refractivity contribution in [2.24, 2.45) is 16.6 Å². The van der Waals surface area contributed by atoms with E-state index in [2.05, 4.69) is 15.8 Å². The fraction of sp³-hybridized carbons (Fsp3) is 0.333. The van der Waals surface area contributed by atoms with Crippen LogP contribution in [0, 0.1) is 5.92 Å². The maximum Gasteiger partial charge on any atom is 0.242 e. The lowest BCUT2D eigenvalue weighted by Gasteiger charge is -2.31. The molecule has 1 fully saturated rings. The minimum absolute atomic E-state index is 0.0244. The number of nitrogens with two attached hydrogens (primary N) is 1. The Balaban J connectivity index is 2.01. The number of para-hydroxylation sites is 1. The molecule has 4 N–H and O–H groups in total. The van der Waals surface area contributed by atoms with E-state index in [4.69, 9.17) is 5.73 Å². The first-order valence-electron chi connectivity index (χ1n) is 5.92. The van der Waals surface area contributed by atoms with Gasteiger partial charge in [0.2, 0.25) is 11.9 Å². The van der Waals surface area contributed by atoms with Gasteiger partial charge in [-0.25, -0.2) is 10.4 Å². The smallest absolute Gasteiger partial charge is 0.242 e. The van der Waals surface area contributed by atoms with Crippen LogP contribution in [0.4, 0.5) is 5.69 Å². The van der Waals surface area contributed by atoms with Crippen LogP contribution in [0.1, 0.15) is 6.92 Å². The van der Waals surface area contributed by atoms with E-state index in [0.717, 1.165) is 5.69 Å². The summed E-state index contributed by atoms with van der Waals surface area (Å²) in [5, 5.41) is 0. The van der Waals surface area contributed by atoms with Gasteiger partial charge >= 0.3 is 0 Å². The minimum Gasteiger partial charge on any atom is -0.369 e. The average Bonchev–Trinajstić information content (AvgIpc) is 2.72. The van der Waals surface area contributed by atoms with Gasteiger partial charge in [0.1, 0.15) is 6.17 Å². The number of fused-ring (bicyclic) bond motifs is 1.